The highest BCUT2D eigenvalue weighted by Crippen LogP contribution is 2.29. The van der Waals surface area contributed by atoms with Gasteiger partial charge in [-0.2, -0.15) is 0 Å². The van der Waals surface area contributed by atoms with Gasteiger partial charge in [0.2, 0.25) is 0 Å². The van der Waals surface area contributed by atoms with Crippen LogP contribution in [-0.4, -0.2) is 24.1 Å². The van der Waals surface area contributed by atoms with Gasteiger partial charge in [-0.3, -0.25) is 10.3 Å². The third kappa shape index (κ3) is 2.82. The van der Waals surface area contributed by atoms with Crippen LogP contribution in [0, 0.1) is 5.82 Å². The Morgan fingerprint density at radius 3 is 2.70 bits per heavy atom. The summed E-state index contributed by atoms with van der Waals surface area (Å²) in [6.07, 6.45) is 6.05. The molecule has 0 aliphatic heterocycles. The number of methoxy groups -OCH3 is 1. The van der Waals surface area contributed by atoms with Crippen molar-refractivity contribution in [3.05, 3.63) is 29.8 Å². The molecule has 1 aliphatic carbocycles. The highest BCUT2D eigenvalue weighted by atomic mass is 19.1. The smallest absolute Gasteiger partial charge is 0.332 e. The molecule has 5 heteroatoms. The van der Waals surface area contributed by atoms with E-state index in [1.54, 1.807) is 6.07 Å². The van der Waals surface area contributed by atoms with Crippen LogP contribution in [0.2, 0.25) is 0 Å². The van der Waals surface area contributed by atoms with Gasteiger partial charge in [-0.1, -0.05) is 19.8 Å². The third-order valence-electron chi connectivity index (χ3n) is 4.03. The molecule has 1 N–H and O–H groups in total. The van der Waals surface area contributed by atoms with E-state index in [4.69, 9.17) is 4.74 Å². The average molecular weight is 280 g/mol. The summed E-state index contributed by atoms with van der Waals surface area (Å²) in [7, 11) is 1.37. The van der Waals surface area contributed by atoms with E-state index < -0.39 is 11.4 Å². The Labute approximate surface area is 118 Å². The number of aromatic nitrogens is 1. The highest BCUT2D eigenvalue weighted by Gasteiger charge is 2.43. The summed E-state index contributed by atoms with van der Waals surface area (Å²) < 4.78 is 18.0. The van der Waals surface area contributed by atoms with E-state index in [0.717, 1.165) is 31.9 Å². The minimum Gasteiger partial charge on any atom is -0.467 e. The van der Waals surface area contributed by atoms with E-state index in [1.807, 2.05) is 6.92 Å². The second-order valence-electron chi connectivity index (χ2n) is 5.24. The number of hydrogen-bond acceptors (Lipinski definition) is 4. The number of esters is 1. The van der Waals surface area contributed by atoms with Crippen molar-refractivity contribution >= 4 is 5.97 Å². The van der Waals surface area contributed by atoms with Gasteiger partial charge in [0.25, 0.3) is 0 Å². The maximum atomic E-state index is 13.1. The molecule has 1 saturated carbocycles. The molecule has 1 aromatic rings. The predicted molar refractivity (Wildman–Crippen MR) is 73.6 cm³/mol. The van der Waals surface area contributed by atoms with Gasteiger partial charge in [-0.05, 0) is 31.4 Å². The van der Waals surface area contributed by atoms with Gasteiger partial charge in [0.05, 0.1) is 19.0 Å². The maximum absolute atomic E-state index is 13.1. The standard InChI is InChI=1S/C15H21FN2O2/c1-3-15(14(19)20-2,18-12-6-4-5-7-12)13-9-8-11(16)10-17-13/h8-10,12,18H,3-7H2,1-2H3. The molecule has 2 rings (SSSR count). The average Bonchev–Trinajstić information content (AvgIpc) is 2.98. The summed E-state index contributed by atoms with van der Waals surface area (Å²) in [4.78, 5) is 16.4. The molecule has 1 aliphatic rings. The molecule has 0 bridgehead atoms. The van der Waals surface area contributed by atoms with E-state index in [1.165, 1.54) is 13.2 Å². The van der Waals surface area contributed by atoms with Crippen LogP contribution >= 0.6 is 0 Å². The largest absolute Gasteiger partial charge is 0.467 e. The molecule has 0 amide bonds. The van der Waals surface area contributed by atoms with Crippen LogP contribution in [-0.2, 0) is 15.1 Å². The van der Waals surface area contributed by atoms with Crippen LogP contribution in [0.4, 0.5) is 4.39 Å². The lowest BCUT2D eigenvalue weighted by atomic mass is 9.90. The van der Waals surface area contributed by atoms with Gasteiger partial charge in [-0.15, -0.1) is 0 Å². The van der Waals surface area contributed by atoms with Crippen molar-refractivity contribution in [1.82, 2.24) is 10.3 Å². The van der Waals surface area contributed by atoms with Crippen LogP contribution in [0.15, 0.2) is 18.3 Å². The van der Waals surface area contributed by atoms with Crippen molar-refractivity contribution in [2.75, 3.05) is 7.11 Å². The molecule has 1 aromatic heterocycles. The fraction of sp³-hybridized carbons (Fsp3) is 0.600. The zero-order valence-corrected chi connectivity index (χ0v) is 12.0. The summed E-state index contributed by atoms with van der Waals surface area (Å²) in [5, 5.41) is 3.41. The summed E-state index contributed by atoms with van der Waals surface area (Å²) in [5.74, 6) is -0.782. The molecule has 110 valence electrons. The molecule has 0 spiro atoms. The quantitative estimate of drug-likeness (QED) is 0.842. The summed E-state index contributed by atoms with van der Waals surface area (Å²) in [6, 6.07) is 3.16. The zero-order chi connectivity index (χ0) is 14.6. The monoisotopic (exact) mass is 280 g/mol. The first-order valence-corrected chi connectivity index (χ1v) is 7.10. The van der Waals surface area contributed by atoms with Crippen molar-refractivity contribution in [2.45, 2.75) is 50.6 Å². The molecule has 1 unspecified atom stereocenters. The molecule has 4 nitrogen and oxygen atoms in total. The Hall–Kier alpha value is -1.49. The number of hydrogen-bond donors (Lipinski definition) is 1. The van der Waals surface area contributed by atoms with Gasteiger partial charge in [0.15, 0.2) is 5.54 Å². The lowest BCUT2D eigenvalue weighted by Gasteiger charge is -2.33. The molecular weight excluding hydrogens is 259 g/mol. The van der Waals surface area contributed by atoms with Gasteiger partial charge in [0, 0.05) is 6.04 Å². The van der Waals surface area contributed by atoms with E-state index in [-0.39, 0.29) is 12.0 Å². The Bertz CT molecular complexity index is 457. The normalized spacial score (nSPS) is 18.8. The van der Waals surface area contributed by atoms with Crippen LogP contribution in [0.3, 0.4) is 0 Å². The van der Waals surface area contributed by atoms with Crippen molar-refractivity contribution in [2.24, 2.45) is 0 Å². The highest BCUT2D eigenvalue weighted by molar-refractivity contribution is 5.82. The molecule has 0 aromatic carbocycles. The van der Waals surface area contributed by atoms with E-state index >= 15 is 0 Å². The Morgan fingerprint density at radius 1 is 1.50 bits per heavy atom. The lowest BCUT2D eigenvalue weighted by molar-refractivity contribution is -0.150. The third-order valence-corrected chi connectivity index (χ3v) is 4.03. The number of carbonyl (C=O) groups excluding carboxylic acids is 1. The summed E-state index contributed by atoms with van der Waals surface area (Å²) in [6.45, 7) is 1.91. The Morgan fingerprint density at radius 2 is 2.20 bits per heavy atom. The van der Waals surface area contributed by atoms with Gasteiger partial charge in [-0.25, -0.2) is 9.18 Å². The van der Waals surface area contributed by atoms with Crippen molar-refractivity contribution < 1.29 is 13.9 Å². The van der Waals surface area contributed by atoms with E-state index in [9.17, 15) is 9.18 Å². The zero-order valence-electron chi connectivity index (χ0n) is 12.0. The summed E-state index contributed by atoms with van der Waals surface area (Å²) >= 11 is 0. The fourth-order valence-corrected chi connectivity index (χ4v) is 2.89. The van der Waals surface area contributed by atoms with E-state index in [0.29, 0.717) is 12.1 Å². The number of ether oxygens (including phenoxy) is 1. The first kappa shape index (κ1) is 14.9. The van der Waals surface area contributed by atoms with Crippen LogP contribution < -0.4 is 5.32 Å². The van der Waals surface area contributed by atoms with E-state index in [2.05, 4.69) is 10.3 Å². The topological polar surface area (TPSA) is 51.2 Å². The lowest BCUT2D eigenvalue weighted by Crippen LogP contribution is -2.53. The number of nitrogens with one attached hydrogen (secondary N) is 1. The van der Waals surface area contributed by atoms with Crippen molar-refractivity contribution in [1.29, 1.82) is 0 Å². The molecular formula is C15H21FN2O2. The second-order valence-corrected chi connectivity index (χ2v) is 5.24. The molecule has 20 heavy (non-hydrogen) atoms. The van der Waals surface area contributed by atoms with Crippen LogP contribution in [0.25, 0.3) is 0 Å². The molecule has 0 saturated heterocycles. The number of pyridine rings is 1. The van der Waals surface area contributed by atoms with Gasteiger partial charge >= 0.3 is 5.97 Å². The summed E-state index contributed by atoms with van der Waals surface area (Å²) in [5.41, 5.74) is -0.475. The van der Waals surface area contributed by atoms with Crippen molar-refractivity contribution in [3.63, 3.8) is 0 Å². The number of nitrogens with zero attached hydrogens (tertiary/aromatic N) is 1. The number of halogens is 1. The number of rotatable bonds is 5. The Kier molecular flexibility index (Phi) is 4.70. The minimum atomic E-state index is -0.989. The molecule has 0 radical (unpaired) electrons. The van der Waals surface area contributed by atoms with Gasteiger partial charge in [0.1, 0.15) is 5.82 Å². The van der Waals surface area contributed by atoms with Crippen LogP contribution in [0.5, 0.6) is 0 Å². The maximum Gasteiger partial charge on any atom is 0.332 e. The van der Waals surface area contributed by atoms with Crippen molar-refractivity contribution in [3.8, 4) is 0 Å². The van der Waals surface area contributed by atoms with Gasteiger partial charge < -0.3 is 4.74 Å². The molecule has 1 heterocycles. The minimum absolute atomic E-state index is 0.279. The Balaban J connectivity index is 2.35. The first-order valence-electron chi connectivity index (χ1n) is 7.10. The fourth-order valence-electron chi connectivity index (χ4n) is 2.89. The molecule has 1 atom stereocenters. The molecule has 1 fully saturated rings. The SMILES string of the molecule is CCC(NC1CCCC1)(C(=O)OC)c1ccc(F)cn1. The van der Waals surface area contributed by atoms with Crippen LogP contribution in [0.1, 0.15) is 44.7 Å². The first-order chi connectivity index (χ1) is 9.62. The second kappa shape index (κ2) is 6.31. The predicted octanol–water partition coefficient (Wildman–Crippen LogP) is 2.53. The number of carbonyl (C=O) groups is 1.